The highest BCUT2D eigenvalue weighted by Crippen LogP contribution is 2.18. The Bertz CT molecular complexity index is 584. The van der Waals surface area contributed by atoms with Crippen LogP contribution in [0, 0.1) is 12.7 Å². The number of aryl methyl sites for hydroxylation is 1. The molecule has 0 saturated carbocycles. The fourth-order valence-corrected chi connectivity index (χ4v) is 1.79. The van der Waals surface area contributed by atoms with E-state index in [0.29, 0.717) is 11.3 Å². The molecule has 19 heavy (non-hydrogen) atoms. The number of benzene rings is 2. The van der Waals surface area contributed by atoms with Crippen LogP contribution in [0.15, 0.2) is 48.5 Å². The third-order valence-corrected chi connectivity index (χ3v) is 2.89. The average Bonchev–Trinajstić information content (AvgIpc) is 2.42. The molecule has 3 nitrogen and oxygen atoms in total. The van der Waals surface area contributed by atoms with E-state index in [1.165, 1.54) is 18.2 Å². The fraction of sp³-hybridized carbons (Fsp3) is 0.133. The fourth-order valence-electron chi connectivity index (χ4n) is 1.79. The van der Waals surface area contributed by atoms with E-state index in [4.69, 9.17) is 5.73 Å². The van der Waals surface area contributed by atoms with Crippen LogP contribution in [-0.2, 0) is 4.79 Å². The Hall–Kier alpha value is -2.20. The average molecular weight is 258 g/mol. The summed E-state index contributed by atoms with van der Waals surface area (Å²) in [5, 5.41) is 2.71. The zero-order valence-electron chi connectivity index (χ0n) is 10.6. The third kappa shape index (κ3) is 3.17. The van der Waals surface area contributed by atoms with E-state index >= 15 is 0 Å². The molecule has 0 aromatic heterocycles. The smallest absolute Gasteiger partial charge is 0.245 e. The molecular formula is C15H15FN2O. The second-order valence-corrected chi connectivity index (χ2v) is 4.34. The summed E-state index contributed by atoms with van der Waals surface area (Å²) in [6.07, 6.45) is 0. The molecule has 0 saturated heterocycles. The van der Waals surface area contributed by atoms with Crippen molar-refractivity contribution in [2.24, 2.45) is 5.73 Å². The Labute approximate surface area is 111 Å². The summed E-state index contributed by atoms with van der Waals surface area (Å²) in [6, 6.07) is 12.5. The predicted molar refractivity (Wildman–Crippen MR) is 73.1 cm³/mol. The van der Waals surface area contributed by atoms with Crippen LogP contribution < -0.4 is 11.1 Å². The lowest BCUT2D eigenvalue weighted by atomic mass is 10.1. The minimum Gasteiger partial charge on any atom is -0.324 e. The maximum absolute atomic E-state index is 13.0. The van der Waals surface area contributed by atoms with Crippen LogP contribution in [0.1, 0.15) is 17.2 Å². The molecule has 2 aromatic rings. The first-order valence-electron chi connectivity index (χ1n) is 5.95. The predicted octanol–water partition coefficient (Wildman–Crippen LogP) is 2.77. The number of carbonyl (C=O) groups is 1. The van der Waals surface area contributed by atoms with Crippen LogP contribution in [0.2, 0.25) is 0 Å². The molecule has 1 atom stereocenters. The highest BCUT2D eigenvalue weighted by Gasteiger charge is 2.16. The second-order valence-electron chi connectivity index (χ2n) is 4.34. The van der Waals surface area contributed by atoms with E-state index in [0.717, 1.165) is 5.56 Å². The number of rotatable bonds is 3. The van der Waals surface area contributed by atoms with E-state index in [-0.39, 0.29) is 11.7 Å². The van der Waals surface area contributed by atoms with Crippen molar-refractivity contribution in [2.75, 3.05) is 5.32 Å². The molecule has 1 amide bonds. The Morgan fingerprint density at radius 1 is 1.21 bits per heavy atom. The number of carbonyl (C=O) groups excluding carboxylic acids is 1. The summed E-state index contributed by atoms with van der Waals surface area (Å²) in [6.45, 7) is 1.73. The molecule has 0 aliphatic rings. The Morgan fingerprint density at radius 2 is 1.89 bits per heavy atom. The molecule has 1 unspecified atom stereocenters. The summed E-state index contributed by atoms with van der Waals surface area (Å²) in [7, 11) is 0. The van der Waals surface area contributed by atoms with Gasteiger partial charge >= 0.3 is 0 Å². The van der Waals surface area contributed by atoms with Crippen molar-refractivity contribution in [1.29, 1.82) is 0 Å². The number of halogens is 1. The summed E-state index contributed by atoms with van der Waals surface area (Å²) in [4.78, 5) is 12.0. The molecule has 0 bridgehead atoms. The normalized spacial score (nSPS) is 11.9. The van der Waals surface area contributed by atoms with Crippen molar-refractivity contribution in [3.8, 4) is 0 Å². The van der Waals surface area contributed by atoms with Crippen LogP contribution in [0.3, 0.4) is 0 Å². The molecule has 4 heteroatoms. The van der Waals surface area contributed by atoms with E-state index in [1.807, 2.05) is 18.2 Å². The van der Waals surface area contributed by atoms with Crippen molar-refractivity contribution >= 4 is 11.6 Å². The molecule has 0 fully saturated rings. The zero-order valence-corrected chi connectivity index (χ0v) is 10.6. The number of amides is 1. The van der Waals surface area contributed by atoms with Crippen molar-refractivity contribution in [1.82, 2.24) is 0 Å². The summed E-state index contributed by atoms with van der Waals surface area (Å²) < 4.78 is 13.0. The molecule has 2 aromatic carbocycles. The molecular weight excluding hydrogens is 243 g/mol. The number of nitrogens with one attached hydrogen (secondary N) is 1. The molecule has 0 spiro atoms. The van der Waals surface area contributed by atoms with Gasteiger partial charge in [0.25, 0.3) is 0 Å². The Morgan fingerprint density at radius 3 is 2.53 bits per heavy atom. The van der Waals surface area contributed by atoms with Crippen molar-refractivity contribution in [3.63, 3.8) is 0 Å². The third-order valence-electron chi connectivity index (χ3n) is 2.89. The molecule has 0 radical (unpaired) electrons. The van der Waals surface area contributed by atoms with Gasteiger partial charge in [0.15, 0.2) is 0 Å². The maximum atomic E-state index is 13.0. The highest BCUT2D eigenvalue weighted by molar-refractivity contribution is 5.95. The van der Waals surface area contributed by atoms with Crippen molar-refractivity contribution in [3.05, 3.63) is 65.5 Å². The maximum Gasteiger partial charge on any atom is 0.245 e. The largest absolute Gasteiger partial charge is 0.324 e. The summed E-state index contributed by atoms with van der Waals surface area (Å²) in [5.41, 5.74) is 7.84. The molecule has 3 N–H and O–H groups in total. The van der Waals surface area contributed by atoms with Gasteiger partial charge in [-0.25, -0.2) is 4.39 Å². The Balaban J connectivity index is 2.13. The lowest BCUT2D eigenvalue weighted by Crippen LogP contribution is -2.27. The van der Waals surface area contributed by atoms with Gasteiger partial charge < -0.3 is 11.1 Å². The quantitative estimate of drug-likeness (QED) is 0.889. The topological polar surface area (TPSA) is 55.1 Å². The van der Waals surface area contributed by atoms with Gasteiger partial charge in [0.05, 0.1) is 0 Å². The first-order chi connectivity index (χ1) is 9.08. The Kier molecular flexibility index (Phi) is 3.92. The van der Waals surface area contributed by atoms with Gasteiger partial charge in [-0.05, 0) is 36.2 Å². The van der Waals surface area contributed by atoms with E-state index in [2.05, 4.69) is 5.32 Å². The molecule has 0 aliphatic heterocycles. The van der Waals surface area contributed by atoms with Gasteiger partial charge in [0.2, 0.25) is 5.91 Å². The van der Waals surface area contributed by atoms with Crippen LogP contribution in [-0.4, -0.2) is 5.91 Å². The van der Waals surface area contributed by atoms with E-state index in [1.54, 1.807) is 19.1 Å². The van der Waals surface area contributed by atoms with Gasteiger partial charge in [-0.15, -0.1) is 0 Å². The van der Waals surface area contributed by atoms with Crippen LogP contribution in [0.25, 0.3) is 0 Å². The molecule has 0 heterocycles. The first-order valence-corrected chi connectivity index (χ1v) is 5.95. The lowest BCUT2D eigenvalue weighted by molar-refractivity contribution is -0.117. The molecule has 0 aliphatic carbocycles. The standard InChI is InChI=1S/C15H15FN2O/c1-10-9-12(16)7-8-13(10)18-15(19)14(17)11-5-3-2-4-6-11/h2-9,14H,17H2,1H3,(H,18,19). The SMILES string of the molecule is Cc1cc(F)ccc1NC(=O)C(N)c1ccccc1. The van der Waals surface area contributed by atoms with Gasteiger partial charge in [-0.3, -0.25) is 4.79 Å². The van der Waals surface area contributed by atoms with Gasteiger partial charge in [-0.2, -0.15) is 0 Å². The monoisotopic (exact) mass is 258 g/mol. The van der Waals surface area contributed by atoms with Crippen molar-refractivity contribution in [2.45, 2.75) is 13.0 Å². The zero-order chi connectivity index (χ0) is 13.8. The summed E-state index contributed by atoms with van der Waals surface area (Å²) >= 11 is 0. The second kappa shape index (κ2) is 5.63. The van der Waals surface area contributed by atoms with Crippen LogP contribution >= 0.6 is 0 Å². The lowest BCUT2D eigenvalue weighted by Gasteiger charge is -2.14. The molecule has 2 rings (SSSR count). The summed E-state index contributed by atoms with van der Waals surface area (Å²) in [5.74, 6) is -0.649. The number of hydrogen-bond donors (Lipinski definition) is 2. The van der Waals surface area contributed by atoms with Crippen LogP contribution in [0.5, 0.6) is 0 Å². The van der Waals surface area contributed by atoms with Gasteiger partial charge in [0, 0.05) is 5.69 Å². The van der Waals surface area contributed by atoms with E-state index in [9.17, 15) is 9.18 Å². The first kappa shape index (κ1) is 13.2. The van der Waals surface area contributed by atoms with E-state index < -0.39 is 6.04 Å². The number of nitrogens with two attached hydrogens (primary N) is 1. The van der Waals surface area contributed by atoms with Crippen LogP contribution in [0.4, 0.5) is 10.1 Å². The molecule has 98 valence electrons. The highest BCUT2D eigenvalue weighted by atomic mass is 19.1. The number of anilines is 1. The minimum absolute atomic E-state index is 0.319. The minimum atomic E-state index is -0.745. The van der Waals surface area contributed by atoms with Gasteiger partial charge in [0.1, 0.15) is 11.9 Å². The van der Waals surface area contributed by atoms with Crippen molar-refractivity contribution < 1.29 is 9.18 Å². The van der Waals surface area contributed by atoms with Gasteiger partial charge in [-0.1, -0.05) is 30.3 Å². The number of hydrogen-bond acceptors (Lipinski definition) is 2.